The molecule has 0 fully saturated rings. The van der Waals surface area contributed by atoms with Gasteiger partial charge in [0.05, 0.1) is 7.11 Å². The third kappa shape index (κ3) is 3.45. The Morgan fingerprint density at radius 2 is 1.25 bits per heavy atom. The Kier molecular flexibility index (Phi) is 4.88. The van der Waals surface area contributed by atoms with Crippen molar-refractivity contribution in [2.45, 2.75) is 0 Å². The Morgan fingerprint density at radius 1 is 0.792 bits per heavy atom. The predicted octanol–water partition coefficient (Wildman–Crippen LogP) is 5.91. The highest BCUT2D eigenvalue weighted by atomic mass is 79.9. The molecule has 0 heterocycles. The van der Waals surface area contributed by atoms with Crippen molar-refractivity contribution in [3.8, 4) is 18.1 Å². The second kappa shape index (κ2) is 7.25. The van der Waals surface area contributed by atoms with E-state index in [9.17, 15) is 0 Å². The number of halogens is 1. The number of ether oxygens (including phenoxy) is 1. The van der Waals surface area contributed by atoms with Crippen LogP contribution in [0.3, 0.4) is 0 Å². The molecule has 0 aliphatic rings. The zero-order chi connectivity index (χ0) is 16.9. The van der Waals surface area contributed by atoms with Crippen LogP contribution < -0.4 is 9.64 Å². The number of methoxy groups -OCH3 is 1. The molecule has 0 aliphatic carbocycles. The van der Waals surface area contributed by atoms with Gasteiger partial charge >= 0.3 is 0 Å². The first-order valence-corrected chi connectivity index (χ1v) is 8.27. The fraction of sp³-hybridized carbons (Fsp3) is 0.0476. The summed E-state index contributed by atoms with van der Waals surface area (Å²) in [5.74, 6) is 3.48. The van der Waals surface area contributed by atoms with Gasteiger partial charge in [-0.2, -0.15) is 0 Å². The third-order valence-corrected chi connectivity index (χ3v) is 4.24. The lowest BCUT2D eigenvalue weighted by molar-refractivity contribution is 0.415. The van der Waals surface area contributed by atoms with Gasteiger partial charge in [0.25, 0.3) is 0 Å². The molecule has 0 unspecified atom stereocenters. The molecule has 3 aromatic carbocycles. The molecule has 0 amide bonds. The topological polar surface area (TPSA) is 12.5 Å². The molecule has 0 saturated carbocycles. The number of nitrogens with zero attached hydrogens (tertiary/aromatic N) is 1. The molecule has 3 heteroatoms. The molecular formula is C21H16BrNO. The first-order chi connectivity index (χ1) is 11.7. The van der Waals surface area contributed by atoms with Crippen molar-refractivity contribution < 1.29 is 4.74 Å². The molecule has 0 saturated heterocycles. The maximum absolute atomic E-state index is 5.46. The lowest BCUT2D eigenvalue weighted by Gasteiger charge is -2.25. The van der Waals surface area contributed by atoms with Crippen LogP contribution in [0.25, 0.3) is 0 Å². The highest BCUT2D eigenvalue weighted by Crippen LogP contribution is 2.35. The molecule has 0 radical (unpaired) electrons. The number of terminal acetylenes is 1. The normalized spacial score (nSPS) is 10.0. The van der Waals surface area contributed by atoms with E-state index in [1.165, 1.54) is 0 Å². The van der Waals surface area contributed by atoms with Crippen LogP contribution in [-0.4, -0.2) is 7.11 Å². The SMILES string of the molecule is C#Cc1ccc(N(c2ccc(Br)cc2)c2ccc(OC)cc2)cc1. The number of hydrogen-bond donors (Lipinski definition) is 0. The molecule has 0 aromatic heterocycles. The summed E-state index contributed by atoms with van der Waals surface area (Å²) in [6, 6.07) is 24.1. The van der Waals surface area contributed by atoms with E-state index >= 15 is 0 Å². The molecule has 2 nitrogen and oxygen atoms in total. The quantitative estimate of drug-likeness (QED) is 0.524. The van der Waals surface area contributed by atoms with Gasteiger partial charge in [0.15, 0.2) is 0 Å². The lowest BCUT2D eigenvalue weighted by Crippen LogP contribution is -2.09. The van der Waals surface area contributed by atoms with Crippen LogP contribution in [0.4, 0.5) is 17.1 Å². The Labute approximate surface area is 150 Å². The Bertz CT molecular complexity index is 846. The van der Waals surface area contributed by atoms with Crippen molar-refractivity contribution in [3.05, 3.63) is 82.8 Å². The fourth-order valence-electron chi connectivity index (χ4n) is 2.48. The van der Waals surface area contributed by atoms with Crippen LogP contribution in [0.5, 0.6) is 5.75 Å². The number of hydrogen-bond acceptors (Lipinski definition) is 2. The number of anilines is 3. The average Bonchev–Trinajstić information content (AvgIpc) is 2.64. The van der Waals surface area contributed by atoms with Gasteiger partial charge in [-0.25, -0.2) is 0 Å². The van der Waals surface area contributed by atoms with Crippen molar-refractivity contribution >= 4 is 33.0 Å². The zero-order valence-corrected chi connectivity index (χ0v) is 14.8. The van der Waals surface area contributed by atoms with E-state index in [4.69, 9.17) is 11.2 Å². The molecule has 0 spiro atoms. The minimum atomic E-state index is 0.831. The van der Waals surface area contributed by atoms with Crippen LogP contribution in [0.15, 0.2) is 77.3 Å². The Morgan fingerprint density at radius 3 is 1.71 bits per heavy atom. The summed E-state index contributed by atoms with van der Waals surface area (Å²) in [5, 5.41) is 0. The van der Waals surface area contributed by atoms with Crippen LogP contribution in [0.1, 0.15) is 5.56 Å². The smallest absolute Gasteiger partial charge is 0.119 e. The van der Waals surface area contributed by atoms with Crippen LogP contribution in [0, 0.1) is 12.3 Å². The summed E-state index contributed by atoms with van der Waals surface area (Å²) in [6.45, 7) is 0. The Hall–Kier alpha value is -2.70. The molecule has 0 atom stereocenters. The highest BCUT2D eigenvalue weighted by Gasteiger charge is 2.12. The molecule has 3 aromatic rings. The predicted molar refractivity (Wildman–Crippen MR) is 103 cm³/mol. The van der Waals surface area contributed by atoms with Gasteiger partial charge in [-0.1, -0.05) is 21.9 Å². The van der Waals surface area contributed by atoms with E-state index in [2.05, 4.69) is 38.9 Å². The molecule has 0 aliphatic heterocycles. The third-order valence-electron chi connectivity index (χ3n) is 3.71. The standard InChI is InChI=1S/C21H16BrNO/c1-3-16-4-8-18(9-5-16)23(19-10-6-17(22)7-11-19)20-12-14-21(24-2)15-13-20/h1,4-15H,2H3. The van der Waals surface area contributed by atoms with Crippen LogP contribution >= 0.6 is 15.9 Å². The molecule has 0 N–H and O–H groups in total. The van der Waals surface area contributed by atoms with Crippen molar-refractivity contribution in [2.75, 3.05) is 12.0 Å². The highest BCUT2D eigenvalue weighted by molar-refractivity contribution is 9.10. The van der Waals surface area contributed by atoms with Crippen molar-refractivity contribution in [1.29, 1.82) is 0 Å². The summed E-state index contributed by atoms with van der Waals surface area (Å²) >= 11 is 3.49. The second-order valence-corrected chi connectivity index (χ2v) is 6.12. The summed E-state index contributed by atoms with van der Waals surface area (Å²) in [5.41, 5.74) is 4.02. The van der Waals surface area contributed by atoms with E-state index in [0.717, 1.165) is 32.8 Å². The molecular weight excluding hydrogens is 362 g/mol. The largest absolute Gasteiger partial charge is 0.497 e. The maximum atomic E-state index is 5.46. The zero-order valence-electron chi connectivity index (χ0n) is 13.2. The molecule has 0 bridgehead atoms. The first-order valence-electron chi connectivity index (χ1n) is 7.47. The van der Waals surface area contributed by atoms with Crippen LogP contribution in [0.2, 0.25) is 0 Å². The van der Waals surface area contributed by atoms with Crippen molar-refractivity contribution in [2.24, 2.45) is 0 Å². The van der Waals surface area contributed by atoms with E-state index in [0.29, 0.717) is 0 Å². The summed E-state index contributed by atoms with van der Waals surface area (Å²) in [4.78, 5) is 2.17. The second-order valence-electron chi connectivity index (χ2n) is 5.20. The minimum Gasteiger partial charge on any atom is -0.497 e. The van der Waals surface area contributed by atoms with Gasteiger partial charge in [0.1, 0.15) is 5.75 Å². The van der Waals surface area contributed by atoms with Gasteiger partial charge in [0.2, 0.25) is 0 Å². The maximum Gasteiger partial charge on any atom is 0.119 e. The van der Waals surface area contributed by atoms with Crippen molar-refractivity contribution in [1.82, 2.24) is 0 Å². The van der Waals surface area contributed by atoms with Crippen molar-refractivity contribution in [3.63, 3.8) is 0 Å². The van der Waals surface area contributed by atoms with Gasteiger partial charge in [-0.05, 0) is 72.8 Å². The van der Waals surface area contributed by atoms with Gasteiger partial charge in [0, 0.05) is 27.1 Å². The lowest BCUT2D eigenvalue weighted by atomic mass is 10.1. The Balaban J connectivity index is 2.08. The summed E-state index contributed by atoms with van der Waals surface area (Å²) in [6.07, 6.45) is 5.46. The summed E-state index contributed by atoms with van der Waals surface area (Å²) in [7, 11) is 1.67. The number of benzene rings is 3. The average molecular weight is 378 g/mol. The van der Waals surface area contributed by atoms with E-state index in [1.54, 1.807) is 7.11 Å². The monoisotopic (exact) mass is 377 g/mol. The van der Waals surface area contributed by atoms with Crippen LogP contribution in [-0.2, 0) is 0 Å². The molecule has 3 rings (SSSR count). The fourth-order valence-corrected chi connectivity index (χ4v) is 2.74. The van der Waals surface area contributed by atoms with Gasteiger partial charge in [-0.3, -0.25) is 0 Å². The molecule has 118 valence electrons. The first kappa shape index (κ1) is 16.2. The van der Waals surface area contributed by atoms with Gasteiger partial charge in [-0.15, -0.1) is 6.42 Å². The number of rotatable bonds is 4. The van der Waals surface area contributed by atoms with Gasteiger partial charge < -0.3 is 9.64 Å². The summed E-state index contributed by atoms with van der Waals surface area (Å²) < 4.78 is 6.30. The van der Waals surface area contributed by atoms with E-state index in [1.807, 2.05) is 60.7 Å². The molecule has 24 heavy (non-hydrogen) atoms. The van der Waals surface area contributed by atoms with E-state index < -0.39 is 0 Å². The van der Waals surface area contributed by atoms with E-state index in [-0.39, 0.29) is 0 Å². The minimum absolute atomic E-state index is 0.831.